The second-order valence-electron chi connectivity index (χ2n) is 6.96. The fourth-order valence-corrected chi connectivity index (χ4v) is 3.55. The number of hydrogen-bond donors (Lipinski definition) is 2. The Kier molecular flexibility index (Phi) is 4.68. The molecule has 1 unspecified atom stereocenters. The lowest BCUT2D eigenvalue weighted by atomic mass is 9.68. The van der Waals surface area contributed by atoms with Gasteiger partial charge in [-0.15, -0.1) is 0 Å². The van der Waals surface area contributed by atoms with Crippen LogP contribution in [0.15, 0.2) is 0 Å². The van der Waals surface area contributed by atoms with Crippen LogP contribution in [-0.4, -0.2) is 41.8 Å². The summed E-state index contributed by atoms with van der Waals surface area (Å²) in [5.41, 5.74) is 6.28. The van der Waals surface area contributed by atoms with Crippen LogP contribution < -0.4 is 5.73 Å². The molecule has 0 aromatic carbocycles. The van der Waals surface area contributed by atoms with Crippen LogP contribution in [0.2, 0.25) is 0 Å². The highest BCUT2D eigenvalue weighted by atomic mass is 16.3. The van der Waals surface area contributed by atoms with Crippen LogP contribution in [0.3, 0.4) is 0 Å². The zero-order chi connectivity index (χ0) is 13.1. The fourth-order valence-electron chi connectivity index (χ4n) is 3.55. The number of aliphatic hydroxyl groups is 1. The minimum Gasteiger partial charge on any atom is -0.394 e. The summed E-state index contributed by atoms with van der Waals surface area (Å²) < 4.78 is 0. The van der Waals surface area contributed by atoms with E-state index in [-0.39, 0.29) is 6.61 Å². The molecule has 1 saturated carbocycles. The molecule has 0 bridgehead atoms. The lowest BCUT2D eigenvalue weighted by Gasteiger charge is -2.44. The maximum absolute atomic E-state index is 9.18. The van der Waals surface area contributed by atoms with E-state index in [2.05, 4.69) is 4.90 Å². The van der Waals surface area contributed by atoms with E-state index in [0.29, 0.717) is 5.41 Å². The van der Waals surface area contributed by atoms with Crippen molar-refractivity contribution in [2.45, 2.75) is 63.8 Å². The monoisotopic (exact) mass is 254 g/mol. The summed E-state index contributed by atoms with van der Waals surface area (Å²) in [4.78, 5) is 2.54. The zero-order valence-electron chi connectivity index (χ0n) is 12.0. The largest absolute Gasteiger partial charge is 0.394 e. The third-order valence-corrected chi connectivity index (χ3v) is 5.19. The molecule has 0 radical (unpaired) electrons. The van der Waals surface area contributed by atoms with Gasteiger partial charge in [0.15, 0.2) is 0 Å². The molecule has 1 spiro atoms. The van der Waals surface area contributed by atoms with Gasteiger partial charge < -0.3 is 15.7 Å². The van der Waals surface area contributed by atoms with Gasteiger partial charge in [-0.1, -0.05) is 19.3 Å². The third kappa shape index (κ3) is 3.69. The van der Waals surface area contributed by atoms with Crippen LogP contribution in [0.1, 0.15) is 58.3 Å². The molecule has 3 heteroatoms. The van der Waals surface area contributed by atoms with E-state index in [4.69, 9.17) is 5.73 Å². The predicted molar refractivity (Wildman–Crippen MR) is 75.5 cm³/mol. The van der Waals surface area contributed by atoms with Gasteiger partial charge in [0, 0.05) is 5.54 Å². The van der Waals surface area contributed by atoms with Crippen molar-refractivity contribution >= 4 is 0 Å². The molecule has 1 saturated heterocycles. The predicted octanol–water partition coefficient (Wildman–Crippen LogP) is 2.13. The first kappa shape index (κ1) is 14.3. The van der Waals surface area contributed by atoms with E-state index in [1.165, 1.54) is 58.0 Å². The molecule has 2 aliphatic rings. The number of nitrogens with two attached hydrogens (primary N) is 1. The molecule has 1 atom stereocenters. The van der Waals surface area contributed by atoms with E-state index in [1.54, 1.807) is 0 Å². The Labute approximate surface area is 112 Å². The highest BCUT2D eigenvalue weighted by Crippen LogP contribution is 2.44. The molecule has 1 aliphatic heterocycles. The topological polar surface area (TPSA) is 49.5 Å². The Bertz CT molecular complexity index is 249. The van der Waals surface area contributed by atoms with Crippen LogP contribution >= 0.6 is 0 Å². The lowest BCUT2D eigenvalue weighted by Crippen LogP contribution is -2.46. The van der Waals surface area contributed by atoms with Gasteiger partial charge in [-0.25, -0.2) is 0 Å². The number of likely N-dealkylation sites (tertiary alicyclic amines) is 1. The minimum atomic E-state index is -0.403. The summed E-state index contributed by atoms with van der Waals surface area (Å²) >= 11 is 0. The molecule has 3 N–H and O–H groups in total. The first-order valence-corrected chi connectivity index (χ1v) is 7.67. The highest BCUT2D eigenvalue weighted by Gasteiger charge is 2.35. The summed E-state index contributed by atoms with van der Waals surface area (Å²) in [6.07, 6.45) is 10.9. The highest BCUT2D eigenvalue weighted by molar-refractivity contribution is 4.89. The molecule has 1 heterocycles. The first-order chi connectivity index (χ1) is 8.55. The van der Waals surface area contributed by atoms with Crippen molar-refractivity contribution in [3.63, 3.8) is 0 Å². The zero-order valence-corrected chi connectivity index (χ0v) is 12.0. The molecule has 0 aromatic rings. The van der Waals surface area contributed by atoms with E-state index in [1.807, 2.05) is 6.92 Å². The molecule has 0 amide bonds. The van der Waals surface area contributed by atoms with Gasteiger partial charge >= 0.3 is 0 Å². The Morgan fingerprint density at radius 1 is 1.11 bits per heavy atom. The summed E-state index contributed by atoms with van der Waals surface area (Å²) in [7, 11) is 0. The van der Waals surface area contributed by atoms with Gasteiger partial charge in [-0.05, 0) is 64.1 Å². The normalized spacial score (nSPS) is 28.2. The summed E-state index contributed by atoms with van der Waals surface area (Å²) in [6, 6.07) is 0. The minimum absolute atomic E-state index is 0.0881. The van der Waals surface area contributed by atoms with Gasteiger partial charge in [-0.2, -0.15) is 0 Å². The molecule has 0 aromatic heterocycles. The molecule has 1 aliphatic carbocycles. The Balaban J connectivity index is 1.73. The van der Waals surface area contributed by atoms with Crippen molar-refractivity contribution in [1.82, 2.24) is 4.90 Å². The van der Waals surface area contributed by atoms with Crippen molar-refractivity contribution < 1.29 is 5.11 Å². The molecule has 106 valence electrons. The van der Waals surface area contributed by atoms with Crippen LogP contribution in [0.5, 0.6) is 0 Å². The second-order valence-corrected chi connectivity index (χ2v) is 6.96. The molecule has 18 heavy (non-hydrogen) atoms. The number of aliphatic hydroxyl groups excluding tert-OH is 1. The summed E-state index contributed by atoms with van der Waals surface area (Å²) in [6.45, 7) is 5.55. The first-order valence-electron chi connectivity index (χ1n) is 7.67. The van der Waals surface area contributed by atoms with E-state index in [0.717, 1.165) is 13.0 Å². The van der Waals surface area contributed by atoms with Gasteiger partial charge in [0.2, 0.25) is 0 Å². The number of nitrogens with zero attached hydrogens (tertiary/aromatic N) is 1. The molecule has 2 rings (SSSR count). The number of rotatable bonds is 4. The molecule has 3 nitrogen and oxygen atoms in total. The van der Waals surface area contributed by atoms with Crippen LogP contribution in [0.25, 0.3) is 0 Å². The Morgan fingerprint density at radius 3 is 2.28 bits per heavy atom. The maximum atomic E-state index is 9.18. The second kappa shape index (κ2) is 5.89. The molecular formula is C15H30N2O. The smallest absolute Gasteiger partial charge is 0.0608 e. The summed E-state index contributed by atoms with van der Waals surface area (Å²) in [5, 5.41) is 9.18. The average molecular weight is 254 g/mol. The van der Waals surface area contributed by atoms with E-state index < -0.39 is 5.54 Å². The average Bonchev–Trinajstić information content (AvgIpc) is 2.39. The molecule has 2 fully saturated rings. The lowest BCUT2D eigenvalue weighted by molar-refractivity contribution is 0.0617. The third-order valence-electron chi connectivity index (χ3n) is 5.19. The fraction of sp³-hybridized carbons (Fsp3) is 1.00. The quantitative estimate of drug-likeness (QED) is 0.808. The van der Waals surface area contributed by atoms with Gasteiger partial charge in [0.25, 0.3) is 0 Å². The Hall–Kier alpha value is -0.120. The van der Waals surface area contributed by atoms with Gasteiger partial charge in [-0.3, -0.25) is 0 Å². The van der Waals surface area contributed by atoms with E-state index >= 15 is 0 Å². The van der Waals surface area contributed by atoms with Crippen molar-refractivity contribution in [1.29, 1.82) is 0 Å². The van der Waals surface area contributed by atoms with Crippen LogP contribution in [0.4, 0.5) is 0 Å². The molecular weight excluding hydrogens is 224 g/mol. The van der Waals surface area contributed by atoms with Crippen molar-refractivity contribution in [2.24, 2.45) is 11.1 Å². The van der Waals surface area contributed by atoms with Gasteiger partial charge in [0.1, 0.15) is 0 Å². The van der Waals surface area contributed by atoms with E-state index in [9.17, 15) is 5.11 Å². The number of piperidine rings is 1. The standard InChI is InChI=1S/C15H30N2O/c1-14(16,13-18)7-10-17-11-8-15(9-12-17)5-3-2-4-6-15/h18H,2-13,16H2,1H3. The Morgan fingerprint density at radius 2 is 1.72 bits per heavy atom. The van der Waals surface area contributed by atoms with Crippen molar-refractivity contribution in [2.75, 3.05) is 26.2 Å². The summed E-state index contributed by atoms with van der Waals surface area (Å²) in [5.74, 6) is 0. The van der Waals surface area contributed by atoms with Crippen molar-refractivity contribution in [3.05, 3.63) is 0 Å². The maximum Gasteiger partial charge on any atom is 0.0608 e. The number of hydrogen-bond acceptors (Lipinski definition) is 3. The van der Waals surface area contributed by atoms with Crippen molar-refractivity contribution in [3.8, 4) is 0 Å². The van der Waals surface area contributed by atoms with Crippen LogP contribution in [0, 0.1) is 5.41 Å². The van der Waals surface area contributed by atoms with Crippen LogP contribution in [-0.2, 0) is 0 Å². The SMILES string of the molecule is CC(N)(CO)CCN1CCC2(CCCCC2)CC1. The van der Waals surface area contributed by atoms with Gasteiger partial charge in [0.05, 0.1) is 6.61 Å².